The second kappa shape index (κ2) is 6.68. The van der Waals surface area contributed by atoms with E-state index < -0.39 is 0 Å². The molecule has 3 N–H and O–H groups in total. The van der Waals surface area contributed by atoms with Gasteiger partial charge in [-0.05, 0) is 25.7 Å². The van der Waals surface area contributed by atoms with E-state index in [1.807, 2.05) is 0 Å². The molecule has 21 heavy (non-hydrogen) atoms. The Kier molecular flexibility index (Phi) is 4.67. The summed E-state index contributed by atoms with van der Waals surface area (Å²) in [5, 5.41) is 12.0. The van der Waals surface area contributed by atoms with Crippen molar-refractivity contribution in [2.75, 3.05) is 12.4 Å². The molecule has 1 aromatic heterocycles. The zero-order chi connectivity index (χ0) is 14.7. The molecule has 0 spiro atoms. The summed E-state index contributed by atoms with van der Waals surface area (Å²) in [4.78, 5) is 12.0. The summed E-state index contributed by atoms with van der Waals surface area (Å²) in [5.41, 5.74) is 0. The molecular formula is C14H23N5OS. The van der Waals surface area contributed by atoms with Crippen LogP contribution in [0.3, 0.4) is 0 Å². The van der Waals surface area contributed by atoms with Crippen LogP contribution in [0.25, 0.3) is 0 Å². The molecule has 0 radical (unpaired) electrons. The molecular weight excluding hydrogens is 286 g/mol. The van der Waals surface area contributed by atoms with Gasteiger partial charge in [0.15, 0.2) is 5.82 Å². The van der Waals surface area contributed by atoms with Crippen LogP contribution in [0.2, 0.25) is 0 Å². The number of nitrogens with zero attached hydrogens (tertiary/aromatic N) is 3. The van der Waals surface area contributed by atoms with Gasteiger partial charge in [0.1, 0.15) is 0 Å². The minimum Gasteiger partial charge on any atom is -0.355 e. The molecule has 7 heteroatoms. The maximum atomic E-state index is 12.0. The Hall–Kier alpha value is -1.24. The summed E-state index contributed by atoms with van der Waals surface area (Å²) in [7, 11) is 0. The van der Waals surface area contributed by atoms with Gasteiger partial charge in [-0.2, -0.15) is 0 Å². The Labute approximate surface area is 129 Å². The first-order valence-corrected chi connectivity index (χ1v) is 8.78. The number of thioether (sulfide) groups is 1. The van der Waals surface area contributed by atoms with Crippen molar-refractivity contribution in [3.05, 3.63) is 5.82 Å². The van der Waals surface area contributed by atoms with Gasteiger partial charge in [-0.25, -0.2) is 4.68 Å². The van der Waals surface area contributed by atoms with Gasteiger partial charge in [-0.1, -0.05) is 37.4 Å². The molecule has 0 bridgehead atoms. The minimum absolute atomic E-state index is 0.0970. The van der Waals surface area contributed by atoms with Gasteiger partial charge in [0.05, 0.1) is 5.25 Å². The van der Waals surface area contributed by atoms with Crippen molar-refractivity contribution in [1.29, 1.82) is 0 Å². The number of nitrogen functional groups attached to an aromatic ring is 1. The van der Waals surface area contributed by atoms with E-state index in [1.54, 1.807) is 4.68 Å². The fraction of sp³-hybridized carbons (Fsp3) is 0.786. The number of amides is 1. The van der Waals surface area contributed by atoms with Gasteiger partial charge in [0.2, 0.25) is 11.1 Å². The van der Waals surface area contributed by atoms with E-state index in [0.29, 0.717) is 11.1 Å². The van der Waals surface area contributed by atoms with Gasteiger partial charge >= 0.3 is 0 Å². The van der Waals surface area contributed by atoms with E-state index in [0.717, 1.165) is 44.5 Å². The van der Waals surface area contributed by atoms with Gasteiger partial charge in [-0.15, -0.1) is 10.2 Å². The molecule has 1 aliphatic heterocycles. The quantitative estimate of drug-likeness (QED) is 0.832. The molecule has 1 aliphatic carbocycles. The van der Waals surface area contributed by atoms with Crippen molar-refractivity contribution in [1.82, 2.24) is 20.2 Å². The first-order chi connectivity index (χ1) is 10.3. The monoisotopic (exact) mass is 309 g/mol. The Morgan fingerprint density at radius 1 is 1.10 bits per heavy atom. The molecule has 1 aromatic rings. The van der Waals surface area contributed by atoms with E-state index in [1.165, 1.54) is 31.0 Å². The highest BCUT2D eigenvalue weighted by atomic mass is 32.2. The lowest BCUT2D eigenvalue weighted by Crippen LogP contribution is -2.31. The van der Waals surface area contributed by atoms with Crippen molar-refractivity contribution < 1.29 is 4.79 Å². The first kappa shape index (κ1) is 14.7. The number of carbonyl (C=O) groups excluding carboxylic acids is 1. The highest BCUT2D eigenvalue weighted by Crippen LogP contribution is 2.33. The van der Waals surface area contributed by atoms with E-state index in [-0.39, 0.29) is 11.2 Å². The first-order valence-electron chi connectivity index (χ1n) is 7.90. The van der Waals surface area contributed by atoms with Crippen LogP contribution in [-0.4, -0.2) is 32.6 Å². The van der Waals surface area contributed by atoms with Gasteiger partial charge in [0.25, 0.3) is 0 Å². The Morgan fingerprint density at radius 2 is 1.86 bits per heavy atom. The van der Waals surface area contributed by atoms with Crippen LogP contribution in [0.5, 0.6) is 0 Å². The van der Waals surface area contributed by atoms with Gasteiger partial charge in [-0.3, -0.25) is 4.79 Å². The molecule has 1 saturated carbocycles. The lowest BCUT2D eigenvalue weighted by Gasteiger charge is -2.20. The molecule has 0 aromatic carbocycles. The van der Waals surface area contributed by atoms with Crippen LogP contribution < -0.4 is 11.2 Å². The van der Waals surface area contributed by atoms with E-state index in [4.69, 9.17) is 5.84 Å². The van der Waals surface area contributed by atoms with Gasteiger partial charge < -0.3 is 11.2 Å². The largest absolute Gasteiger partial charge is 0.355 e. The molecule has 1 amide bonds. The van der Waals surface area contributed by atoms with Crippen LogP contribution in [0.15, 0.2) is 5.16 Å². The highest BCUT2D eigenvalue weighted by Gasteiger charge is 2.27. The maximum Gasteiger partial charge on any atom is 0.233 e. The third kappa shape index (κ3) is 3.33. The molecule has 2 aliphatic rings. The third-order valence-electron chi connectivity index (χ3n) is 4.39. The maximum absolute atomic E-state index is 12.0. The summed E-state index contributed by atoms with van der Waals surface area (Å²) >= 11 is 1.45. The molecule has 1 atom stereocenters. The van der Waals surface area contributed by atoms with Gasteiger partial charge in [0, 0.05) is 12.5 Å². The minimum atomic E-state index is -0.0989. The number of carbonyl (C=O) groups is 1. The van der Waals surface area contributed by atoms with Crippen molar-refractivity contribution >= 4 is 17.7 Å². The Bertz CT molecular complexity index is 498. The SMILES string of the molecule is Nn1c(S[C@@H]2CCCCNC2=O)nnc1C1CCCCC1. The predicted molar refractivity (Wildman–Crippen MR) is 82.5 cm³/mol. The normalized spacial score (nSPS) is 24.6. The molecule has 6 nitrogen and oxygen atoms in total. The zero-order valence-corrected chi connectivity index (χ0v) is 13.1. The van der Waals surface area contributed by atoms with Crippen molar-refractivity contribution in [3.63, 3.8) is 0 Å². The fourth-order valence-electron chi connectivity index (χ4n) is 3.16. The number of nitrogens with one attached hydrogen (secondary N) is 1. The van der Waals surface area contributed by atoms with E-state index in [2.05, 4.69) is 15.5 Å². The fourth-order valence-corrected chi connectivity index (χ4v) is 4.18. The van der Waals surface area contributed by atoms with E-state index in [9.17, 15) is 4.79 Å². The predicted octanol–water partition coefficient (Wildman–Crippen LogP) is 1.80. The van der Waals surface area contributed by atoms with Crippen molar-refractivity contribution in [3.8, 4) is 0 Å². The van der Waals surface area contributed by atoms with Crippen LogP contribution in [0, 0.1) is 0 Å². The van der Waals surface area contributed by atoms with Crippen LogP contribution >= 0.6 is 11.8 Å². The topological polar surface area (TPSA) is 85.8 Å². The van der Waals surface area contributed by atoms with Crippen LogP contribution in [0.1, 0.15) is 63.1 Å². The smallest absolute Gasteiger partial charge is 0.233 e. The van der Waals surface area contributed by atoms with Crippen LogP contribution in [-0.2, 0) is 4.79 Å². The molecule has 1 saturated heterocycles. The van der Waals surface area contributed by atoms with E-state index >= 15 is 0 Å². The van der Waals surface area contributed by atoms with Crippen molar-refractivity contribution in [2.45, 2.75) is 67.7 Å². The molecule has 2 fully saturated rings. The summed E-state index contributed by atoms with van der Waals surface area (Å²) in [6, 6.07) is 0. The standard InChI is InChI=1S/C14H23N5OS/c15-19-12(10-6-2-1-3-7-10)17-18-14(19)21-11-8-4-5-9-16-13(11)20/h10-11H,1-9,15H2,(H,16,20)/t11-/m1/s1. The molecule has 3 rings (SSSR count). The summed E-state index contributed by atoms with van der Waals surface area (Å²) in [6.07, 6.45) is 9.06. The number of rotatable bonds is 3. The second-order valence-corrected chi connectivity index (χ2v) is 7.11. The van der Waals surface area contributed by atoms with Crippen LogP contribution in [0.4, 0.5) is 0 Å². The average Bonchev–Trinajstić information content (AvgIpc) is 2.74. The number of hydrogen-bond acceptors (Lipinski definition) is 5. The molecule has 116 valence electrons. The summed E-state index contributed by atoms with van der Waals surface area (Å²) in [5.74, 6) is 7.58. The zero-order valence-electron chi connectivity index (χ0n) is 12.3. The average molecular weight is 309 g/mol. The number of hydrogen-bond donors (Lipinski definition) is 2. The Morgan fingerprint density at radius 3 is 2.67 bits per heavy atom. The van der Waals surface area contributed by atoms with Crippen molar-refractivity contribution in [2.24, 2.45) is 0 Å². The summed E-state index contributed by atoms with van der Waals surface area (Å²) in [6.45, 7) is 0.776. The lowest BCUT2D eigenvalue weighted by atomic mass is 9.89. The highest BCUT2D eigenvalue weighted by molar-refractivity contribution is 8.00. The number of aromatic nitrogens is 3. The molecule has 2 heterocycles. The second-order valence-electron chi connectivity index (χ2n) is 5.94. The Balaban J connectivity index is 1.70. The molecule has 0 unspecified atom stereocenters. The third-order valence-corrected chi connectivity index (χ3v) is 5.62. The number of nitrogens with two attached hydrogens (primary N) is 1. The summed E-state index contributed by atoms with van der Waals surface area (Å²) < 4.78 is 1.61. The lowest BCUT2D eigenvalue weighted by molar-refractivity contribution is -0.120.